The lowest BCUT2D eigenvalue weighted by molar-refractivity contribution is -0.117. The number of rotatable bonds is 3. The molecular weight excluding hydrogens is 273 g/mol. The fourth-order valence-electron chi connectivity index (χ4n) is 1.84. The molecule has 1 amide bonds. The van der Waals surface area contributed by atoms with E-state index in [9.17, 15) is 9.18 Å². The highest BCUT2D eigenvalue weighted by Gasteiger charge is 2.19. The van der Waals surface area contributed by atoms with Gasteiger partial charge in [0.25, 0.3) is 0 Å². The van der Waals surface area contributed by atoms with Crippen LogP contribution in [0.2, 0.25) is 0 Å². The summed E-state index contributed by atoms with van der Waals surface area (Å²) in [7, 11) is 1.71. The van der Waals surface area contributed by atoms with Crippen molar-refractivity contribution in [2.75, 3.05) is 5.32 Å². The number of anilines is 1. The number of halogens is 1. The van der Waals surface area contributed by atoms with Gasteiger partial charge in [-0.1, -0.05) is 0 Å². The van der Waals surface area contributed by atoms with E-state index in [1.54, 1.807) is 13.2 Å². The van der Waals surface area contributed by atoms with Crippen molar-refractivity contribution in [1.29, 1.82) is 5.26 Å². The summed E-state index contributed by atoms with van der Waals surface area (Å²) in [6.07, 6.45) is 3.12. The Morgan fingerprint density at radius 2 is 2.29 bits per heavy atom. The van der Waals surface area contributed by atoms with Gasteiger partial charge in [0, 0.05) is 30.1 Å². The first-order valence-corrected chi connectivity index (χ1v) is 6.17. The first-order valence-electron chi connectivity index (χ1n) is 6.17. The van der Waals surface area contributed by atoms with Crippen molar-refractivity contribution in [3.8, 4) is 6.07 Å². The van der Waals surface area contributed by atoms with Crippen LogP contribution in [0.15, 0.2) is 24.5 Å². The van der Waals surface area contributed by atoms with Crippen LogP contribution in [0.4, 0.5) is 10.1 Å². The van der Waals surface area contributed by atoms with E-state index in [2.05, 4.69) is 10.4 Å². The second kappa shape index (κ2) is 5.73. The highest BCUT2D eigenvalue weighted by atomic mass is 19.1. The molecule has 7 heteroatoms. The second-order valence-corrected chi connectivity index (χ2v) is 4.66. The number of hydrogen-bond donors (Lipinski definition) is 2. The van der Waals surface area contributed by atoms with Crippen molar-refractivity contribution in [3.63, 3.8) is 0 Å². The fraction of sp³-hybridized carbons (Fsp3) is 0.214. The Morgan fingerprint density at radius 1 is 1.57 bits per heavy atom. The van der Waals surface area contributed by atoms with Crippen LogP contribution in [-0.4, -0.2) is 15.7 Å². The Kier molecular flexibility index (Phi) is 4.00. The van der Waals surface area contributed by atoms with Gasteiger partial charge in [-0.25, -0.2) is 4.39 Å². The van der Waals surface area contributed by atoms with Crippen molar-refractivity contribution in [1.82, 2.24) is 9.78 Å². The molecule has 1 aromatic heterocycles. The summed E-state index contributed by atoms with van der Waals surface area (Å²) < 4.78 is 15.2. The topological polar surface area (TPSA) is 96.7 Å². The smallest absolute Gasteiger partial charge is 0.246 e. The zero-order valence-electron chi connectivity index (χ0n) is 11.6. The molecule has 1 aromatic carbocycles. The molecule has 0 saturated heterocycles. The van der Waals surface area contributed by atoms with Gasteiger partial charge in [0.2, 0.25) is 5.91 Å². The number of nitrogens with one attached hydrogen (secondary N) is 1. The minimum Gasteiger partial charge on any atom is -0.324 e. The van der Waals surface area contributed by atoms with E-state index < -0.39 is 17.8 Å². The molecular formula is C14H14FN5O. The second-order valence-electron chi connectivity index (χ2n) is 4.66. The molecule has 1 unspecified atom stereocenters. The van der Waals surface area contributed by atoms with Crippen LogP contribution in [0.25, 0.3) is 0 Å². The molecule has 0 radical (unpaired) electrons. The molecule has 108 valence electrons. The van der Waals surface area contributed by atoms with Crippen LogP contribution in [0.1, 0.15) is 22.7 Å². The molecule has 6 nitrogen and oxygen atoms in total. The summed E-state index contributed by atoms with van der Waals surface area (Å²) in [6, 6.07) is 3.44. The molecule has 3 N–H and O–H groups in total. The van der Waals surface area contributed by atoms with Crippen molar-refractivity contribution < 1.29 is 9.18 Å². The quantitative estimate of drug-likeness (QED) is 0.891. The highest BCUT2D eigenvalue weighted by molar-refractivity contribution is 5.96. The molecule has 0 fully saturated rings. The monoisotopic (exact) mass is 287 g/mol. The van der Waals surface area contributed by atoms with Crippen molar-refractivity contribution in [3.05, 3.63) is 47.0 Å². The number of aryl methyl sites for hydroxylation is 1. The van der Waals surface area contributed by atoms with Crippen LogP contribution in [0.3, 0.4) is 0 Å². The molecule has 0 aliphatic rings. The molecule has 0 aliphatic heterocycles. The predicted molar refractivity (Wildman–Crippen MR) is 74.6 cm³/mol. The van der Waals surface area contributed by atoms with Crippen LogP contribution in [0.5, 0.6) is 0 Å². The third-order valence-electron chi connectivity index (χ3n) is 3.10. The van der Waals surface area contributed by atoms with Gasteiger partial charge in [0.05, 0.1) is 17.8 Å². The number of nitriles is 1. The molecule has 0 saturated carbocycles. The number of carbonyl (C=O) groups is 1. The van der Waals surface area contributed by atoms with E-state index in [0.717, 1.165) is 6.07 Å². The SMILES string of the molecule is Cc1c(F)cc(C#N)cc1NC(=O)C(N)c1cnn(C)c1. The van der Waals surface area contributed by atoms with Crippen LogP contribution in [-0.2, 0) is 11.8 Å². The van der Waals surface area contributed by atoms with Gasteiger partial charge in [-0.15, -0.1) is 0 Å². The zero-order valence-corrected chi connectivity index (χ0v) is 11.6. The predicted octanol–water partition coefficient (Wildman–Crippen LogP) is 1.38. The van der Waals surface area contributed by atoms with Crippen molar-refractivity contribution in [2.45, 2.75) is 13.0 Å². The van der Waals surface area contributed by atoms with E-state index in [4.69, 9.17) is 11.0 Å². The Balaban J connectivity index is 2.24. The highest BCUT2D eigenvalue weighted by Crippen LogP contribution is 2.22. The Hall–Kier alpha value is -2.72. The van der Waals surface area contributed by atoms with Gasteiger partial charge in [-0.3, -0.25) is 9.48 Å². The summed E-state index contributed by atoms with van der Waals surface area (Å²) in [5, 5.41) is 15.3. The molecule has 21 heavy (non-hydrogen) atoms. The number of benzene rings is 1. The van der Waals surface area contributed by atoms with E-state index >= 15 is 0 Å². The standard InChI is InChI=1S/C14H14FN5O/c1-8-11(15)3-9(5-16)4-12(8)19-14(21)13(17)10-6-18-20(2)7-10/h3-4,6-7,13H,17H2,1-2H3,(H,19,21). The van der Waals surface area contributed by atoms with Gasteiger partial charge in [-0.05, 0) is 19.1 Å². The zero-order chi connectivity index (χ0) is 15.6. The van der Waals surface area contributed by atoms with Gasteiger partial charge in [0.15, 0.2) is 0 Å². The Bertz CT molecular complexity index is 731. The summed E-state index contributed by atoms with van der Waals surface area (Å²) in [4.78, 5) is 12.1. The third kappa shape index (κ3) is 3.07. The summed E-state index contributed by atoms with van der Waals surface area (Å²) >= 11 is 0. The average Bonchev–Trinajstić information content (AvgIpc) is 2.89. The molecule has 0 aliphatic carbocycles. The lowest BCUT2D eigenvalue weighted by Crippen LogP contribution is -2.27. The maximum absolute atomic E-state index is 13.7. The number of amides is 1. The number of nitrogens with zero attached hydrogens (tertiary/aromatic N) is 3. The van der Waals surface area contributed by atoms with E-state index in [1.807, 2.05) is 6.07 Å². The van der Waals surface area contributed by atoms with Gasteiger partial charge >= 0.3 is 0 Å². The first kappa shape index (κ1) is 14.7. The number of aromatic nitrogens is 2. The minimum atomic E-state index is -0.924. The van der Waals surface area contributed by atoms with Crippen LogP contribution < -0.4 is 11.1 Å². The lowest BCUT2D eigenvalue weighted by atomic mass is 10.1. The minimum absolute atomic E-state index is 0.128. The van der Waals surface area contributed by atoms with Crippen LogP contribution >= 0.6 is 0 Å². The largest absolute Gasteiger partial charge is 0.324 e. The maximum atomic E-state index is 13.7. The molecule has 2 rings (SSSR count). The summed E-state index contributed by atoms with van der Waals surface area (Å²) in [6.45, 7) is 1.52. The van der Waals surface area contributed by atoms with Crippen LogP contribution in [0, 0.1) is 24.1 Å². The van der Waals surface area contributed by atoms with Crippen molar-refractivity contribution in [2.24, 2.45) is 12.8 Å². The first-order chi connectivity index (χ1) is 9.92. The maximum Gasteiger partial charge on any atom is 0.246 e. The Morgan fingerprint density at radius 3 is 2.86 bits per heavy atom. The van der Waals surface area contributed by atoms with Crippen molar-refractivity contribution >= 4 is 11.6 Å². The van der Waals surface area contributed by atoms with Gasteiger partial charge in [0.1, 0.15) is 11.9 Å². The van der Waals surface area contributed by atoms with Gasteiger partial charge in [-0.2, -0.15) is 10.4 Å². The molecule has 1 atom stereocenters. The molecule has 2 aromatic rings. The van der Waals surface area contributed by atoms with E-state index in [0.29, 0.717) is 5.56 Å². The molecule has 0 spiro atoms. The molecule has 0 bridgehead atoms. The number of hydrogen-bond acceptors (Lipinski definition) is 4. The molecule has 1 heterocycles. The van der Waals surface area contributed by atoms with Gasteiger partial charge < -0.3 is 11.1 Å². The van der Waals surface area contributed by atoms with E-state index in [1.165, 1.54) is 23.9 Å². The number of carbonyl (C=O) groups excluding carboxylic acids is 1. The van der Waals surface area contributed by atoms with E-state index in [-0.39, 0.29) is 16.8 Å². The summed E-state index contributed by atoms with van der Waals surface area (Å²) in [5.74, 6) is -1.06. The Labute approximate surface area is 121 Å². The third-order valence-corrected chi connectivity index (χ3v) is 3.10. The normalized spacial score (nSPS) is 11.8. The number of nitrogens with two attached hydrogens (primary N) is 1. The summed E-state index contributed by atoms with van der Waals surface area (Å²) in [5.41, 5.74) is 6.99. The average molecular weight is 287 g/mol. The lowest BCUT2D eigenvalue weighted by Gasteiger charge is -2.13. The fourth-order valence-corrected chi connectivity index (χ4v) is 1.84.